The minimum atomic E-state index is 0.0896. The van der Waals surface area contributed by atoms with Crippen molar-refractivity contribution in [3.63, 3.8) is 0 Å². The first kappa shape index (κ1) is 13.0. The Balaban J connectivity index is 2.27. The van der Waals surface area contributed by atoms with Gasteiger partial charge in [-0.25, -0.2) is 0 Å². The zero-order chi connectivity index (χ0) is 14.1. The van der Waals surface area contributed by atoms with Gasteiger partial charge in [-0.3, -0.25) is 4.79 Å². The van der Waals surface area contributed by atoms with E-state index < -0.39 is 0 Å². The fraction of sp³-hybridized carbons (Fsp3) is 0.118. The van der Waals surface area contributed by atoms with Gasteiger partial charge in [-0.1, -0.05) is 42.1 Å². The van der Waals surface area contributed by atoms with Crippen molar-refractivity contribution in [1.29, 1.82) is 0 Å². The molecule has 0 fully saturated rings. The second-order valence-electron chi connectivity index (χ2n) is 4.93. The second-order valence-corrected chi connectivity index (χ2v) is 6.01. The topological polar surface area (TPSA) is 20.3 Å². The predicted octanol–water partition coefficient (Wildman–Crippen LogP) is 3.94. The molecular weight excluding hydrogens is 266 g/mol. The zero-order valence-corrected chi connectivity index (χ0v) is 12.3. The van der Waals surface area contributed by atoms with Crippen LogP contribution in [0.25, 0.3) is 5.57 Å². The number of carbonyl (C=O) groups is 1. The number of fused-ring (bicyclic) bond motifs is 2. The molecule has 20 heavy (non-hydrogen) atoms. The average molecular weight is 281 g/mol. The first-order valence-corrected chi connectivity index (χ1v) is 7.27. The highest BCUT2D eigenvalue weighted by Gasteiger charge is 2.24. The Hall–Kier alpha value is -2.00. The van der Waals surface area contributed by atoms with Gasteiger partial charge in [0.2, 0.25) is 0 Å². The van der Waals surface area contributed by atoms with Crippen LogP contribution in [0.5, 0.6) is 0 Å². The van der Waals surface area contributed by atoms with Gasteiger partial charge in [0, 0.05) is 46.8 Å². The normalized spacial score (nSPS) is 15.5. The fourth-order valence-corrected chi connectivity index (χ4v) is 3.38. The van der Waals surface area contributed by atoms with Crippen molar-refractivity contribution in [3.05, 3.63) is 65.9 Å². The zero-order valence-electron chi connectivity index (χ0n) is 11.5. The van der Waals surface area contributed by atoms with Crippen LogP contribution >= 0.6 is 11.8 Å². The molecule has 1 aliphatic rings. The van der Waals surface area contributed by atoms with Crippen molar-refractivity contribution in [1.82, 2.24) is 4.90 Å². The van der Waals surface area contributed by atoms with Gasteiger partial charge in [0.15, 0.2) is 5.78 Å². The third-order valence-electron chi connectivity index (χ3n) is 3.16. The van der Waals surface area contributed by atoms with E-state index in [4.69, 9.17) is 0 Å². The fourth-order valence-electron chi connectivity index (χ4n) is 2.29. The molecule has 1 heterocycles. The van der Waals surface area contributed by atoms with E-state index in [2.05, 4.69) is 6.07 Å². The summed E-state index contributed by atoms with van der Waals surface area (Å²) in [6, 6.07) is 15.9. The van der Waals surface area contributed by atoms with Crippen LogP contribution in [0, 0.1) is 0 Å². The summed E-state index contributed by atoms with van der Waals surface area (Å²) < 4.78 is 0. The lowest BCUT2D eigenvalue weighted by Gasteiger charge is -2.11. The number of carbonyl (C=O) groups excluding carboxylic acids is 1. The molecule has 3 heteroatoms. The van der Waals surface area contributed by atoms with Crippen LogP contribution in [-0.4, -0.2) is 24.8 Å². The third-order valence-corrected chi connectivity index (χ3v) is 4.31. The molecule has 0 atom stereocenters. The molecule has 0 unspecified atom stereocenters. The lowest BCUT2D eigenvalue weighted by atomic mass is 9.97. The van der Waals surface area contributed by atoms with Crippen LogP contribution < -0.4 is 0 Å². The molecule has 100 valence electrons. The Morgan fingerprint density at radius 1 is 0.900 bits per heavy atom. The van der Waals surface area contributed by atoms with Crippen LogP contribution in [0.15, 0.2) is 64.5 Å². The van der Waals surface area contributed by atoms with Crippen molar-refractivity contribution in [2.75, 3.05) is 14.1 Å². The monoisotopic (exact) mass is 281 g/mol. The molecule has 0 aromatic heterocycles. The van der Waals surface area contributed by atoms with Crippen molar-refractivity contribution < 1.29 is 4.79 Å². The summed E-state index contributed by atoms with van der Waals surface area (Å²) in [5, 5.41) is 0. The first-order valence-electron chi connectivity index (χ1n) is 6.46. The molecular formula is C17H15NOS. The van der Waals surface area contributed by atoms with Gasteiger partial charge in [0.1, 0.15) is 0 Å². The lowest BCUT2D eigenvalue weighted by Crippen LogP contribution is -2.09. The second kappa shape index (κ2) is 5.17. The molecule has 2 aromatic rings. The lowest BCUT2D eigenvalue weighted by molar-refractivity contribution is 0.105. The molecule has 0 bridgehead atoms. The summed E-state index contributed by atoms with van der Waals surface area (Å²) in [5.41, 5.74) is 2.54. The Morgan fingerprint density at radius 2 is 1.45 bits per heavy atom. The third kappa shape index (κ3) is 2.25. The van der Waals surface area contributed by atoms with E-state index in [1.807, 2.05) is 67.7 Å². The quantitative estimate of drug-likeness (QED) is 0.739. The summed E-state index contributed by atoms with van der Waals surface area (Å²) in [6.45, 7) is 0. The molecule has 0 N–H and O–H groups in total. The molecule has 0 aliphatic carbocycles. The van der Waals surface area contributed by atoms with E-state index >= 15 is 0 Å². The maximum absolute atomic E-state index is 12.8. The predicted molar refractivity (Wildman–Crippen MR) is 83.0 cm³/mol. The summed E-state index contributed by atoms with van der Waals surface area (Å²) in [7, 11) is 3.87. The molecule has 2 nitrogen and oxygen atoms in total. The number of hydrogen-bond donors (Lipinski definition) is 0. The molecule has 0 amide bonds. The first-order chi connectivity index (χ1) is 9.66. The number of benzene rings is 2. The molecule has 0 spiro atoms. The Labute approximate surface area is 123 Å². The number of hydrogen-bond acceptors (Lipinski definition) is 3. The van der Waals surface area contributed by atoms with Crippen LogP contribution in [0.4, 0.5) is 0 Å². The number of ketones is 1. The average Bonchev–Trinajstić information content (AvgIpc) is 2.55. The molecule has 2 aromatic carbocycles. The summed E-state index contributed by atoms with van der Waals surface area (Å²) in [6.07, 6.45) is 1.91. The number of nitrogens with zero attached hydrogens (tertiary/aromatic N) is 1. The van der Waals surface area contributed by atoms with Crippen molar-refractivity contribution in [3.8, 4) is 0 Å². The van der Waals surface area contributed by atoms with Gasteiger partial charge in [-0.05, 0) is 18.2 Å². The summed E-state index contributed by atoms with van der Waals surface area (Å²) in [4.78, 5) is 16.9. The van der Waals surface area contributed by atoms with Crippen LogP contribution in [0.1, 0.15) is 15.9 Å². The van der Waals surface area contributed by atoms with Gasteiger partial charge in [0.05, 0.1) is 0 Å². The van der Waals surface area contributed by atoms with E-state index in [-0.39, 0.29) is 5.78 Å². The maximum Gasteiger partial charge on any atom is 0.196 e. The molecule has 1 aliphatic heterocycles. The highest BCUT2D eigenvalue weighted by atomic mass is 32.2. The van der Waals surface area contributed by atoms with Crippen LogP contribution in [-0.2, 0) is 0 Å². The molecule has 3 rings (SSSR count). The van der Waals surface area contributed by atoms with E-state index in [0.29, 0.717) is 0 Å². The summed E-state index contributed by atoms with van der Waals surface area (Å²) in [5.74, 6) is 0.0896. The molecule has 0 saturated carbocycles. The van der Waals surface area contributed by atoms with Gasteiger partial charge in [-0.2, -0.15) is 0 Å². The smallest absolute Gasteiger partial charge is 0.196 e. The largest absolute Gasteiger partial charge is 0.383 e. The van der Waals surface area contributed by atoms with Crippen molar-refractivity contribution >= 4 is 23.1 Å². The van der Waals surface area contributed by atoms with Crippen LogP contribution in [0.2, 0.25) is 0 Å². The molecule has 0 radical (unpaired) electrons. The highest BCUT2D eigenvalue weighted by Crippen LogP contribution is 2.40. The Morgan fingerprint density at radius 3 is 2.10 bits per heavy atom. The van der Waals surface area contributed by atoms with Crippen LogP contribution in [0.3, 0.4) is 0 Å². The SMILES string of the molecule is CN(C)C=C1C(=O)c2ccccc2Sc2ccccc21. The summed E-state index contributed by atoms with van der Waals surface area (Å²) >= 11 is 1.66. The van der Waals surface area contributed by atoms with Gasteiger partial charge >= 0.3 is 0 Å². The van der Waals surface area contributed by atoms with Crippen molar-refractivity contribution in [2.24, 2.45) is 0 Å². The van der Waals surface area contributed by atoms with Crippen molar-refractivity contribution in [2.45, 2.75) is 9.79 Å². The van der Waals surface area contributed by atoms with E-state index in [0.717, 1.165) is 26.5 Å². The van der Waals surface area contributed by atoms with Gasteiger partial charge in [0.25, 0.3) is 0 Å². The Bertz CT molecular complexity index is 704. The number of allylic oxidation sites excluding steroid dienone is 1. The standard InChI is InChI=1S/C17H15NOS/c1-18(2)11-14-12-7-3-5-9-15(12)20-16-10-6-4-8-13(16)17(14)19/h3-11H,1-2H3. The minimum absolute atomic E-state index is 0.0896. The molecule has 0 saturated heterocycles. The van der Waals surface area contributed by atoms with E-state index in [1.54, 1.807) is 11.8 Å². The highest BCUT2D eigenvalue weighted by molar-refractivity contribution is 7.99. The van der Waals surface area contributed by atoms with E-state index in [9.17, 15) is 4.79 Å². The van der Waals surface area contributed by atoms with Gasteiger partial charge < -0.3 is 4.90 Å². The maximum atomic E-state index is 12.8. The number of Topliss-reactive ketones (excluding diaryl/α,β-unsaturated/α-hetero) is 1. The van der Waals surface area contributed by atoms with E-state index in [1.165, 1.54) is 0 Å². The minimum Gasteiger partial charge on any atom is -0.383 e. The number of rotatable bonds is 1. The Kier molecular flexibility index (Phi) is 3.36. The van der Waals surface area contributed by atoms with Gasteiger partial charge in [-0.15, -0.1) is 0 Å².